The Balaban J connectivity index is 1.71. The number of carbonyl (C=O) groups excluding carboxylic acids is 1. The van der Waals surface area contributed by atoms with E-state index in [-0.39, 0.29) is 34.2 Å². The highest BCUT2D eigenvalue weighted by molar-refractivity contribution is 6.06. The monoisotopic (exact) mass is 426 g/mol. The van der Waals surface area contributed by atoms with Crippen LogP contribution in [0.5, 0.6) is 17.2 Å². The maximum Gasteiger partial charge on any atom is 0.487 e. The molecule has 3 aromatic carbocycles. The maximum atomic E-state index is 13.7. The third-order valence-electron chi connectivity index (χ3n) is 4.31. The number of ketones is 1. The molecule has 0 fully saturated rings. The molecule has 3 aromatic rings. The second-order valence-electron chi connectivity index (χ2n) is 6.33. The van der Waals surface area contributed by atoms with Crippen molar-refractivity contribution in [1.29, 1.82) is 0 Å². The summed E-state index contributed by atoms with van der Waals surface area (Å²) in [4.78, 5) is 33.5. The number of nitrogens with zero attached hydrogens (tertiary/aromatic N) is 2. The first kappa shape index (κ1) is 19.8. The summed E-state index contributed by atoms with van der Waals surface area (Å²) in [6.45, 7) is 0. The summed E-state index contributed by atoms with van der Waals surface area (Å²) in [5.74, 6) is -3.98. The third kappa shape index (κ3) is 3.71. The summed E-state index contributed by atoms with van der Waals surface area (Å²) in [7, 11) is 0. The first-order valence-electron chi connectivity index (χ1n) is 8.68. The molecule has 0 atom stereocenters. The van der Waals surface area contributed by atoms with E-state index in [0.29, 0.717) is 0 Å². The van der Waals surface area contributed by atoms with E-state index >= 15 is 0 Å². The van der Waals surface area contributed by atoms with Crippen LogP contribution >= 0.6 is 0 Å². The first-order chi connectivity index (χ1) is 14.8. The standard InChI is InChI=1S/C20H11FN2O8/c21-12-1-10-18-17(11-12)19(24)20(31-18,29-15-6-2-13(3-7-15)22(25)26)30-16-8-4-14(5-9-16)23(27)28/h1-11H. The predicted octanol–water partition coefficient (Wildman–Crippen LogP) is 4.03. The molecule has 156 valence electrons. The molecule has 31 heavy (non-hydrogen) atoms. The average molecular weight is 426 g/mol. The van der Waals surface area contributed by atoms with Crippen molar-refractivity contribution in [2.75, 3.05) is 0 Å². The number of halogens is 1. The Kier molecular flexibility index (Phi) is 4.70. The average Bonchev–Trinajstić information content (AvgIpc) is 3.00. The molecular weight excluding hydrogens is 415 g/mol. The minimum atomic E-state index is -2.41. The molecule has 10 nitrogen and oxygen atoms in total. The smallest absolute Gasteiger partial charge is 0.414 e. The van der Waals surface area contributed by atoms with Gasteiger partial charge in [0.25, 0.3) is 17.2 Å². The summed E-state index contributed by atoms with van der Waals surface area (Å²) in [6, 6.07) is 12.8. The van der Waals surface area contributed by atoms with E-state index < -0.39 is 27.4 Å². The van der Waals surface area contributed by atoms with Crippen LogP contribution in [0.15, 0.2) is 66.7 Å². The fraction of sp³-hybridized carbons (Fsp3) is 0.0500. The van der Waals surface area contributed by atoms with Gasteiger partial charge in [-0.25, -0.2) is 4.39 Å². The minimum Gasteiger partial charge on any atom is -0.414 e. The Labute approximate surface area is 172 Å². The fourth-order valence-corrected chi connectivity index (χ4v) is 2.86. The molecular formula is C20H11FN2O8. The van der Waals surface area contributed by atoms with Crippen molar-refractivity contribution in [2.24, 2.45) is 0 Å². The van der Waals surface area contributed by atoms with Crippen LogP contribution in [0.1, 0.15) is 10.4 Å². The predicted molar refractivity (Wildman–Crippen MR) is 102 cm³/mol. The molecule has 0 aromatic heterocycles. The van der Waals surface area contributed by atoms with Crippen molar-refractivity contribution < 1.29 is 33.2 Å². The van der Waals surface area contributed by atoms with Gasteiger partial charge in [0.05, 0.1) is 15.4 Å². The van der Waals surface area contributed by atoms with Gasteiger partial charge in [0.1, 0.15) is 23.1 Å². The SMILES string of the molecule is O=C1c2cc(F)ccc2OC1(Oc1ccc([N+](=O)[O-])cc1)Oc1ccc([N+](=O)[O-])cc1. The molecule has 0 aliphatic carbocycles. The van der Waals surface area contributed by atoms with Crippen molar-refractivity contribution in [3.05, 3.63) is 98.3 Å². The van der Waals surface area contributed by atoms with Crippen molar-refractivity contribution in [3.8, 4) is 17.2 Å². The molecule has 0 N–H and O–H groups in total. The van der Waals surface area contributed by atoms with Crippen molar-refractivity contribution in [2.45, 2.75) is 5.97 Å². The third-order valence-corrected chi connectivity index (χ3v) is 4.31. The molecule has 4 rings (SSSR count). The highest BCUT2D eigenvalue weighted by Gasteiger charge is 2.55. The summed E-state index contributed by atoms with van der Waals surface area (Å²) < 4.78 is 30.5. The maximum absolute atomic E-state index is 13.7. The van der Waals surface area contributed by atoms with Gasteiger partial charge in [-0.3, -0.25) is 25.0 Å². The Morgan fingerprint density at radius 1 is 0.806 bits per heavy atom. The summed E-state index contributed by atoms with van der Waals surface area (Å²) in [6.07, 6.45) is 0. The topological polar surface area (TPSA) is 131 Å². The first-order valence-corrected chi connectivity index (χ1v) is 8.68. The minimum absolute atomic E-state index is 0.00442. The zero-order valence-corrected chi connectivity index (χ0v) is 15.4. The van der Waals surface area contributed by atoms with Crippen molar-refractivity contribution in [3.63, 3.8) is 0 Å². The number of benzene rings is 3. The van der Waals surface area contributed by atoms with Crippen LogP contribution in [0, 0.1) is 26.0 Å². The lowest BCUT2D eigenvalue weighted by molar-refractivity contribution is -0.385. The van der Waals surface area contributed by atoms with Crippen molar-refractivity contribution >= 4 is 17.2 Å². The van der Waals surface area contributed by atoms with Crippen LogP contribution in [0.25, 0.3) is 0 Å². The van der Waals surface area contributed by atoms with Gasteiger partial charge < -0.3 is 14.2 Å². The number of nitro benzene ring substituents is 2. The summed E-state index contributed by atoms with van der Waals surface area (Å²) in [5, 5.41) is 21.7. The highest BCUT2D eigenvalue weighted by atomic mass is 19.1. The van der Waals surface area contributed by atoms with E-state index in [1.54, 1.807) is 0 Å². The van der Waals surface area contributed by atoms with Gasteiger partial charge in [-0.1, -0.05) is 0 Å². The number of nitro groups is 2. The molecule has 0 amide bonds. The van der Waals surface area contributed by atoms with Crippen LogP contribution in [0.4, 0.5) is 15.8 Å². The number of fused-ring (bicyclic) bond motifs is 1. The van der Waals surface area contributed by atoms with Gasteiger partial charge in [-0.2, -0.15) is 0 Å². The van der Waals surface area contributed by atoms with Gasteiger partial charge in [-0.05, 0) is 42.5 Å². The summed E-state index contributed by atoms with van der Waals surface area (Å²) in [5.41, 5.74) is -0.549. The number of ether oxygens (including phenoxy) is 3. The molecule has 1 aliphatic heterocycles. The van der Waals surface area contributed by atoms with E-state index in [4.69, 9.17) is 14.2 Å². The molecule has 0 unspecified atom stereocenters. The second kappa shape index (κ2) is 7.37. The van der Waals surface area contributed by atoms with Gasteiger partial charge in [0, 0.05) is 24.3 Å². The molecule has 0 saturated heterocycles. The lowest BCUT2D eigenvalue weighted by Gasteiger charge is -2.27. The fourth-order valence-electron chi connectivity index (χ4n) is 2.86. The zero-order valence-electron chi connectivity index (χ0n) is 15.4. The van der Waals surface area contributed by atoms with Crippen molar-refractivity contribution in [1.82, 2.24) is 0 Å². The van der Waals surface area contributed by atoms with E-state index in [0.717, 1.165) is 36.4 Å². The van der Waals surface area contributed by atoms with Gasteiger partial charge in [0.15, 0.2) is 0 Å². The number of hydrogen-bond donors (Lipinski definition) is 0. The number of carbonyl (C=O) groups is 1. The molecule has 11 heteroatoms. The van der Waals surface area contributed by atoms with Gasteiger partial charge >= 0.3 is 5.97 Å². The Morgan fingerprint density at radius 2 is 1.29 bits per heavy atom. The van der Waals surface area contributed by atoms with Crippen LogP contribution in [0.3, 0.4) is 0 Å². The van der Waals surface area contributed by atoms with Crippen LogP contribution < -0.4 is 14.2 Å². The van der Waals surface area contributed by atoms with Crippen LogP contribution in [-0.2, 0) is 0 Å². The highest BCUT2D eigenvalue weighted by Crippen LogP contribution is 2.39. The van der Waals surface area contributed by atoms with E-state index in [1.807, 2.05) is 0 Å². The zero-order chi connectivity index (χ0) is 22.2. The lowest BCUT2D eigenvalue weighted by atomic mass is 10.1. The van der Waals surface area contributed by atoms with Gasteiger partial charge in [-0.15, -0.1) is 0 Å². The van der Waals surface area contributed by atoms with E-state index in [9.17, 15) is 29.4 Å². The largest absolute Gasteiger partial charge is 0.487 e. The quantitative estimate of drug-likeness (QED) is 0.328. The van der Waals surface area contributed by atoms with Gasteiger partial charge in [0.2, 0.25) is 0 Å². The van der Waals surface area contributed by atoms with E-state index in [2.05, 4.69) is 0 Å². The number of hydrogen-bond acceptors (Lipinski definition) is 8. The molecule has 0 bridgehead atoms. The Bertz CT molecular complexity index is 1140. The molecule has 0 spiro atoms. The second-order valence-corrected chi connectivity index (χ2v) is 6.33. The number of non-ortho nitro benzene ring substituents is 2. The molecule has 1 heterocycles. The van der Waals surface area contributed by atoms with E-state index in [1.165, 1.54) is 30.3 Å². The Morgan fingerprint density at radius 3 is 1.74 bits per heavy atom. The van der Waals surface area contributed by atoms with Crippen LogP contribution in [0.2, 0.25) is 0 Å². The molecule has 1 aliphatic rings. The summed E-state index contributed by atoms with van der Waals surface area (Å²) >= 11 is 0. The lowest BCUT2D eigenvalue weighted by Crippen LogP contribution is -2.51. The number of rotatable bonds is 6. The normalized spacial score (nSPS) is 13.8. The number of Topliss-reactive ketones (excluding diaryl/α,β-unsaturated/α-hetero) is 1. The Hall–Kier alpha value is -4.54. The van der Waals surface area contributed by atoms with Crippen LogP contribution in [-0.4, -0.2) is 21.6 Å². The molecule has 0 saturated carbocycles. The molecule has 0 radical (unpaired) electrons.